The number of hydrogen-bond donors (Lipinski definition) is 1. The van der Waals surface area contributed by atoms with Crippen LogP contribution in [0.15, 0.2) is 30.6 Å². The Labute approximate surface area is 142 Å². The van der Waals surface area contributed by atoms with Crippen LogP contribution in [-0.2, 0) is 0 Å². The van der Waals surface area contributed by atoms with Gasteiger partial charge in [-0.15, -0.1) is 0 Å². The van der Waals surface area contributed by atoms with Crippen molar-refractivity contribution in [2.45, 2.75) is 12.5 Å². The lowest BCUT2D eigenvalue weighted by Crippen LogP contribution is -2.22. The molecule has 0 saturated carbocycles. The number of rotatable bonds is 4. The van der Waals surface area contributed by atoms with E-state index in [9.17, 15) is 8.78 Å². The number of hydrogen-bond acceptors (Lipinski definition) is 3. The maximum absolute atomic E-state index is 13.5. The van der Waals surface area contributed by atoms with Crippen molar-refractivity contribution in [1.82, 2.24) is 10.3 Å². The Morgan fingerprint density at radius 1 is 1.13 bits per heavy atom. The molecule has 0 aliphatic carbocycles. The van der Waals surface area contributed by atoms with E-state index in [1.54, 1.807) is 6.20 Å². The lowest BCUT2D eigenvalue weighted by atomic mass is 9.96. The van der Waals surface area contributed by atoms with Crippen molar-refractivity contribution >= 4 is 23.2 Å². The van der Waals surface area contributed by atoms with Crippen LogP contribution in [0.4, 0.5) is 8.78 Å². The van der Waals surface area contributed by atoms with Crippen LogP contribution in [0.3, 0.4) is 0 Å². The number of aromatic nitrogens is 1. The summed E-state index contributed by atoms with van der Waals surface area (Å²) < 4.78 is 32.8. The van der Waals surface area contributed by atoms with E-state index in [1.807, 2.05) is 0 Å². The molecule has 1 saturated heterocycles. The van der Waals surface area contributed by atoms with Gasteiger partial charge >= 0.3 is 0 Å². The molecule has 122 valence electrons. The molecule has 2 aromatic rings. The first-order valence-corrected chi connectivity index (χ1v) is 7.92. The summed E-state index contributed by atoms with van der Waals surface area (Å²) in [4.78, 5) is 3.88. The van der Waals surface area contributed by atoms with Crippen LogP contribution in [0.25, 0.3) is 0 Å². The Hall–Kier alpha value is -1.43. The summed E-state index contributed by atoms with van der Waals surface area (Å²) in [5.41, 5.74) is 0.593. The first-order valence-electron chi connectivity index (χ1n) is 7.17. The molecule has 1 aromatic heterocycles. The van der Waals surface area contributed by atoms with Gasteiger partial charge in [-0.1, -0.05) is 23.2 Å². The summed E-state index contributed by atoms with van der Waals surface area (Å²) in [5.74, 6) is -0.691. The smallest absolute Gasteiger partial charge is 0.157 e. The second-order valence-electron chi connectivity index (χ2n) is 5.43. The summed E-state index contributed by atoms with van der Waals surface area (Å²) >= 11 is 12.1. The summed E-state index contributed by atoms with van der Waals surface area (Å²) in [6.45, 7) is 1.57. The lowest BCUT2D eigenvalue weighted by molar-refractivity contribution is 0.144. The van der Waals surface area contributed by atoms with Gasteiger partial charge in [0, 0.05) is 24.2 Å². The average Bonchev–Trinajstić information content (AvgIpc) is 3.00. The van der Waals surface area contributed by atoms with Gasteiger partial charge in [-0.3, -0.25) is 4.98 Å². The molecule has 2 atom stereocenters. The largest absolute Gasteiger partial charge is 0.482 e. The summed E-state index contributed by atoms with van der Waals surface area (Å²) in [6, 6.07) is 3.65. The van der Waals surface area contributed by atoms with Crippen molar-refractivity contribution in [1.29, 1.82) is 0 Å². The Kier molecular flexibility index (Phi) is 4.99. The Morgan fingerprint density at radius 3 is 2.48 bits per heavy atom. The predicted molar refractivity (Wildman–Crippen MR) is 85.0 cm³/mol. The molecule has 2 heterocycles. The van der Waals surface area contributed by atoms with Crippen molar-refractivity contribution in [2.24, 2.45) is 5.92 Å². The maximum Gasteiger partial charge on any atom is 0.157 e. The van der Waals surface area contributed by atoms with Gasteiger partial charge in [-0.25, -0.2) is 8.78 Å². The Bertz CT molecular complexity index is 685. The third kappa shape index (κ3) is 3.74. The third-order valence-electron chi connectivity index (χ3n) is 3.79. The zero-order valence-corrected chi connectivity index (χ0v) is 13.5. The van der Waals surface area contributed by atoms with Crippen molar-refractivity contribution in [3.05, 3.63) is 57.8 Å². The molecule has 0 spiro atoms. The molecule has 1 aliphatic heterocycles. The van der Waals surface area contributed by atoms with Gasteiger partial charge in [0.1, 0.15) is 17.7 Å². The van der Waals surface area contributed by atoms with E-state index < -0.39 is 17.7 Å². The van der Waals surface area contributed by atoms with Gasteiger partial charge < -0.3 is 10.1 Å². The van der Waals surface area contributed by atoms with Crippen LogP contribution >= 0.6 is 23.2 Å². The van der Waals surface area contributed by atoms with E-state index in [0.29, 0.717) is 5.56 Å². The van der Waals surface area contributed by atoms with Crippen LogP contribution in [0.5, 0.6) is 5.75 Å². The maximum atomic E-state index is 13.5. The molecule has 1 aliphatic rings. The van der Waals surface area contributed by atoms with Crippen molar-refractivity contribution in [3.8, 4) is 5.75 Å². The van der Waals surface area contributed by atoms with Gasteiger partial charge in [0.05, 0.1) is 16.2 Å². The van der Waals surface area contributed by atoms with E-state index in [1.165, 1.54) is 6.07 Å². The molecule has 0 bridgehead atoms. The number of ether oxygens (including phenoxy) is 1. The molecule has 3 nitrogen and oxygen atoms in total. The molecular weight excluding hydrogens is 345 g/mol. The van der Waals surface area contributed by atoms with E-state index in [4.69, 9.17) is 27.9 Å². The minimum atomic E-state index is -0.543. The van der Waals surface area contributed by atoms with Gasteiger partial charge in [0.25, 0.3) is 0 Å². The molecule has 1 fully saturated rings. The zero-order chi connectivity index (χ0) is 16.4. The van der Waals surface area contributed by atoms with Crippen molar-refractivity contribution in [2.75, 3.05) is 13.1 Å². The lowest BCUT2D eigenvalue weighted by Gasteiger charge is -2.25. The third-order valence-corrected chi connectivity index (χ3v) is 4.35. The fourth-order valence-electron chi connectivity index (χ4n) is 2.72. The Balaban J connectivity index is 1.96. The van der Waals surface area contributed by atoms with E-state index in [0.717, 1.165) is 37.8 Å². The number of halogens is 4. The Morgan fingerprint density at radius 2 is 1.87 bits per heavy atom. The topological polar surface area (TPSA) is 34.1 Å². The SMILES string of the molecule is Fc1cncc(C(Oc2c(Cl)cc(F)cc2Cl)[C@H]2CCNC2)c1. The van der Waals surface area contributed by atoms with Gasteiger partial charge in [-0.2, -0.15) is 0 Å². The standard InChI is InChI=1S/C16H14Cl2F2N2O/c17-13-4-11(19)5-14(18)16(13)23-15(9-1-2-21-6-9)10-3-12(20)8-22-7-10/h3-5,7-9,15,21H,1-2,6H2/t9-,15?/m0/s1. The van der Waals surface area contributed by atoms with Gasteiger partial charge in [0.2, 0.25) is 0 Å². The molecular formula is C16H14Cl2F2N2O. The van der Waals surface area contributed by atoms with E-state index >= 15 is 0 Å². The van der Waals surface area contributed by atoms with Crippen LogP contribution in [-0.4, -0.2) is 18.1 Å². The molecule has 7 heteroatoms. The van der Waals surface area contributed by atoms with E-state index in [-0.39, 0.29) is 21.7 Å². The van der Waals surface area contributed by atoms with E-state index in [2.05, 4.69) is 10.3 Å². The first-order chi connectivity index (χ1) is 11.0. The van der Waals surface area contributed by atoms with Crippen molar-refractivity contribution < 1.29 is 13.5 Å². The van der Waals surface area contributed by atoms with Crippen LogP contribution < -0.4 is 10.1 Å². The second kappa shape index (κ2) is 6.99. The minimum absolute atomic E-state index is 0.0790. The molecule has 1 aromatic carbocycles. The molecule has 1 N–H and O–H groups in total. The summed E-state index contributed by atoms with van der Waals surface area (Å²) in [7, 11) is 0. The fourth-order valence-corrected chi connectivity index (χ4v) is 3.27. The summed E-state index contributed by atoms with van der Waals surface area (Å²) in [5, 5.41) is 3.40. The number of pyridine rings is 1. The quantitative estimate of drug-likeness (QED) is 0.879. The van der Waals surface area contributed by atoms with Crippen molar-refractivity contribution in [3.63, 3.8) is 0 Å². The average molecular weight is 359 g/mol. The highest BCUT2D eigenvalue weighted by Crippen LogP contribution is 2.39. The minimum Gasteiger partial charge on any atom is -0.482 e. The molecule has 0 radical (unpaired) electrons. The van der Waals surface area contributed by atoms with Crippen LogP contribution in [0, 0.1) is 17.6 Å². The monoisotopic (exact) mass is 358 g/mol. The van der Waals surface area contributed by atoms with Crippen LogP contribution in [0.1, 0.15) is 18.1 Å². The highest BCUT2D eigenvalue weighted by molar-refractivity contribution is 6.37. The van der Waals surface area contributed by atoms with Gasteiger partial charge in [0.15, 0.2) is 5.75 Å². The first kappa shape index (κ1) is 16.4. The number of benzene rings is 1. The normalized spacial score (nSPS) is 18.9. The number of nitrogens with one attached hydrogen (secondary N) is 1. The molecule has 3 rings (SSSR count). The second-order valence-corrected chi connectivity index (χ2v) is 6.24. The van der Waals surface area contributed by atoms with Crippen LogP contribution in [0.2, 0.25) is 10.0 Å². The highest BCUT2D eigenvalue weighted by Gasteiger charge is 2.30. The number of nitrogens with zero attached hydrogens (tertiary/aromatic N) is 1. The van der Waals surface area contributed by atoms with Gasteiger partial charge in [-0.05, 0) is 31.2 Å². The predicted octanol–water partition coefficient (Wildman–Crippen LogP) is 4.40. The summed E-state index contributed by atoms with van der Waals surface area (Å²) in [6.07, 6.45) is 3.06. The highest BCUT2D eigenvalue weighted by atomic mass is 35.5. The molecule has 23 heavy (non-hydrogen) atoms. The fraction of sp³-hybridized carbons (Fsp3) is 0.312. The zero-order valence-electron chi connectivity index (χ0n) is 12.0. The molecule has 1 unspecified atom stereocenters. The molecule has 0 amide bonds.